The summed E-state index contributed by atoms with van der Waals surface area (Å²) in [6, 6.07) is 4.57. The molecule has 7 heteroatoms. The molecule has 0 saturated carbocycles. The van der Waals surface area contributed by atoms with Crippen LogP contribution in [0, 0.1) is 5.82 Å². The number of aromatic nitrogens is 4. The van der Waals surface area contributed by atoms with Gasteiger partial charge in [-0.05, 0) is 22.9 Å². The number of hydrogen-bond donors (Lipinski definition) is 0. The van der Waals surface area contributed by atoms with Gasteiger partial charge in [0.15, 0.2) is 18.2 Å². The quantitative estimate of drug-likeness (QED) is 0.781. The summed E-state index contributed by atoms with van der Waals surface area (Å²) in [4.78, 5) is 1.31. The van der Waals surface area contributed by atoms with Gasteiger partial charge in [-0.1, -0.05) is 6.07 Å². The van der Waals surface area contributed by atoms with E-state index in [0.717, 1.165) is 0 Å². The molecule has 0 saturated heterocycles. The number of halogens is 2. The van der Waals surface area contributed by atoms with Gasteiger partial charge in [0, 0.05) is 5.88 Å². The Balaban J connectivity index is 2.04. The number of tetrazole rings is 1. The summed E-state index contributed by atoms with van der Waals surface area (Å²) in [5.74, 6) is 0.356. The van der Waals surface area contributed by atoms with Crippen molar-refractivity contribution in [2.24, 2.45) is 7.05 Å². The molecule has 0 aliphatic carbocycles. The summed E-state index contributed by atoms with van der Waals surface area (Å²) >= 11 is 5.59. The monoisotopic (exact) mass is 256 g/mol. The van der Waals surface area contributed by atoms with Gasteiger partial charge in [0.05, 0.1) is 7.05 Å². The number of rotatable bonds is 4. The Morgan fingerprint density at radius 3 is 2.88 bits per heavy atom. The van der Waals surface area contributed by atoms with Crippen LogP contribution in [0.5, 0.6) is 5.75 Å². The van der Waals surface area contributed by atoms with Crippen LogP contribution in [-0.2, 0) is 19.5 Å². The van der Waals surface area contributed by atoms with Crippen molar-refractivity contribution in [1.29, 1.82) is 0 Å². The first kappa shape index (κ1) is 11.8. The van der Waals surface area contributed by atoms with Gasteiger partial charge in [0.1, 0.15) is 0 Å². The Kier molecular flexibility index (Phi) is 3.53. The molecular formula is C10H10ClFN4O. The molecule has 17 heavy (non-hydrogen) atoms. The topological polar surface area (TPSA) is 52.8 Å². The highest BCUT2D eigenvalue weighted by molar-refractivity contribution is 6.17. The minimum Gasteiger partial charge on any atom is -0.482 e. The van der Waals surface area contributed by atoms with Gasteiger partial charge in [-0.3, -0.25) is 0 Å². The standard InChI is InChI=1S/C10H10ClFN4O/c1-16-14-10(13-15-16)6-17-9-3-2-7(5-11)4-8(9)12/h2-4H,5-6H2,1H3. The van der Waals surface area contributed by atoms with Gasteiger partial charge in [0.2, 0.25) is 5.82 Å². The third kappa shape index (κ3) is 2.91. The van der Waals surface area contributed by atoms with Crippen molar-refractivity contribution in [2.75, 3.05) is 0 Å². The summed E-state index contributed by atoms with van der Waals surface area (Å²) in [5, 5.41) is 11.3. The van der Waals surface area contributed by atoms with Crippen LogP contribution in [0.3, 0.4) is 0 Å². The smallest absolute Gasteiger partial charge is 0.212 e. The Bertz CT molecular complexity index is 517. The molecule has 0 N–H and O–H groups in total. The molecule has 0 aliphatic heterocycles. The zero-order valence-electron chi connectivity index (χ0n) is 9.10. The molecule has 0 spiro atoms. The van der Waals surface area contributed by atoms with E-state index in [-0.39, 0.29) is 18.2 Å². The Hall–Kier alpha value is -1.69. The maximum absolute atomic E-state index is 13.5. The van der Waals surface area contributed by atoms with E-state index < -0.39 is 5.82 Å². The van der Waals surface area contributed by atoms with Crippen molar-refractivity contribution in [1.82, 2.24) is 20.2 Å². The summed E-state index contributed by atoms with van der Waals surface area (Å²) < 4.78 is 18.7. The van der Waals surface area contributed by atoms with Crippen molar-refractivity contribution in [2.45, 2.75) is 12.5 Å². The van der Waals surface area contributed by atoms with Gasteiger partial charge >= 0.3 is 0 Å². The van der Waals surface area contributed by atoms with Gasteiger partial charge in [-0.2, -0.15) is 4.80 Å². The lowest BCUT2D eigenvalue weighted by Crippen LogP contribution is -2.00. The second-order valence-electron chi connectivity index (χ2n) is 3.38. The maximum Gasteiger partial charge on any atom is 0.212 e. The summed E-state index contributed by atoms with van der Waals surface area (Å²) in [5.41, 5.74) is 0.703. The maximum atomic E-state index is 13.5. The number of nitrogens with zero attached hydrogens (tertiary/aromatic N) is 4. The Labute approximate surface area is 102 Å². The fourth-order valence-corrected chi connectivity index (χ4v) is 1.43. The largest absolute Gasteiger partial charge is 0.482 e. The van der Waals surface area contributed by atoms with E-state index >= 15 is 0 Å². The lowest BCUT2D eigenvalue weighted by Gasteiger charge is -2.05. The molecule has 1 aromatic heterocycles. The highest BCUT2D eigenvalue weighted by Crippen LogP contribution is 2.19. The van der Waals surface area contributed by atoms with Crippen LogP contribution >= 0.6 is 11.6 Å². The first-order valence-electron chi connectivity index (χ1n) is 4.89. The second-order valence-corrected chi connectivity index (χ2v) is 3.65. The summed E-state index contributed by atoms with van der Waals surface area (Å²) in [6.45, 7) is 0.0744. The van der Waals surface area contributed by atoms with Gasteiger partial charge in [-0.25, -0.2) is 4.39 Å². The Morgan fingerprint density at radius 2 is 2.29 bits per heavy atom. The zero-order valence-corrected chi connectivity index (χ0v) is 9.86. The van der Waals surface area contributed by atoms with Crippen LogP contribution in [0.1, 0.15) is 11.4 Å². The molecule has 5 nitrogen and oxygen atoms in total. The van der Waals surface area contributed by atoms with Gasteiger partial charge in [0.25, 0.3) is 0 Å². The van der Waals surface area contributed by atoms with E-state index in [9.17, 15) is 4.39 Å². The first-order valence-corrected chi connectivity index (χ1v) is 5.42. The average molecular weight is 257 g/mol. The van der Waals surface area contributed by atoms with Crippen molar-refractivity contribution < 1.29 is 9.13 Å². The zero-order chi connectivity index (χ0) is 12.3. The normalized spacial score (nSPS) is 10.5. The number of alkyl halides is 1. The highest BCUT2D eigenvalue weighted by atomic mass is 35.5. The fraction of sp³-hybridized carbons (Fsp3) is 0.300. The second kappa shape index (κ2) is 5.09. The predicted octanol–water partition coefficient (Wildman–Crippen LogP) is 1.67. The highest BCUT2D eigenvalue weighted by Gasteiger charge is 2.07. The lowest BCUT2D eigenvalue weighted by molar-refractivity contribution is 0.280. The van der Waals surface area contributed by atoms with Crippen LogP contribution in [0.4, 0.5) is 4.39 Å². The molecule has 1 aromatic carbocycles. The molecule has 0 unspecified atom stereocenters. The number of ether oxygens (including phenoxy) is 1. The minimum absolute atomic E-state index is 0.0744. The van der Waals surface area contributed by atoms with E-state index in [2.05, 4.69) is 15.4 Å². The molecule has 2 aromatic rings. The third-order valence-electron chi connectivity index (χ3n) is 2.06. The minimum atomic E-state index is -0.452. The van der Waals surface area contributed by atoms with Crippen LogP contribution in [0.2, 0.25) is 0 Å². The first-order chi connectivity index (χ1) is 8.19. The molecule has 0 amide bonds. The van der Waals surface area contributed by atoms with E-state index in [1.807, 2.05) is 0 Å². The Morgan fingerprint density at radius 1 is 1.47 bits per heavy atom. The molecule has 0 atom stereocenters. The van der Waals surface area contributed by atoms with E-state index in [4.69, 9.17) is 16.3 Å². The lowest BCUT2D eigenvalue weighted by atomic mass is 10.2. The fourth-order valence-electron chi connectivity index (χ4n) is 1.27. The van der Waals surface area contributed by atoms with Gasteiger partial charge in [-0.15, -0.1) is 21.8 Å². The van der Waals surface area contributed by atoms with Crippen molar-refractivity contribution in [3.8, 4) is 5.75 Å². The predicted molar refractivity (Wildman–Crippen MR) is 59.1 cm³/mol. The summed E-state index contributed by atoms with van der Waals surface area (Å²) in [6.07, 6.45) is 0. The molecule has 90 valence electrons. The molecule has 0 bridgehead atoms. The van der Waals surface area contributed by atoms with Crippen molar-refractivity contribution >= 4 is 11.6 Å². The third-order valence-corrected chi connectivity index (χ3v) is 2.37. The van der Waals surface area contributed by atoms with E-state index in [0.29, 0.717) is 11.4 Å². The SMILES string of the molecule is Cn1nnc(COc2ccc(CCl)cc2F)n1. The van der Waals surface area contributed by atoms with Crippen LogP contribution < -0.4 is 4.74 Å². The van der Waals surface area contributed by atoms with Crippen molar-refractivity contribution in [3.63, 3.8) is 0 Å². The molecule has 0 aliphatic rings. The molecule has 2 rings (SSSR count). The van der Waals surface area contributed by atoms with E-state index in [1.54, 1.807) is 13.1 Å². The number of hydrogen-bond acceptors (Lipinski definition) is 4. The molecule has 0 fully saturated rings. The number of benzene rings is 1. The van der Waals surface area contributed by atoms with Crippen LogP contribution in [0.25, 0.3) is 0 Å². The van der Waals surface area contributed by atoms with E-state index in [1.165, 1.54) is 16.9 Å². The average Bonchev–Trinajstić information content (AvgIpc) is 2.73. The molecule has 0 radical (unpaired) electrons. The summed E-state index contributed by atoms with van der Waals surface area (Å²) in [7, 11) is 1.65. The van der Waals surface area contributed by atoms with Gasteiger partial charge < -0.3 is 4.74 Å². The molecular weight excluding hydrogens is 247 g/mol. The molecule has 1 heterocycles. The van der Waals surface area contributed by atoms with Crippen molar-refractivity contribution in [3.05, 3.63) is 35.4 Å². The number of aryl methyl sites for hydroxylation is 1. The van der Waals surface area contributed by atoms with Crippen LogP contribution in [0.15, 0.2) is 18.2 Å². The van der Waals surface area contributed by atoms with Crippen LogP contribution in [-0.4, -0.2) is 20.2 Å².